The molecule has 0 atom stereocenters. The van der Waals surface area contributed by atoms with E-state index in [-0.39, 0.29) is 0 Å². The highest BCUT2D eigenvalue weighted by atomic mass is 32.1. The van der Waals surface area contributed by atoms with Crippen LogP contribution in [0.5, 0.6) is 0 Å². The van der Waals surface area contributed by atoms with Crippen LogP contribution in [0, 0.1) is 0 Å². The Bertz CT molecular complexity index is 3180. The van der Waals surface area contributed by atoms with Gasteiger partial charge in [0.1, 0.15) is 11.2 Å². The Kier molecular flexibility index (Phi) is 7.64. The average Bonchev–Trinajstić information content (AvgIpc) is 3.85. The van der Waals surface area contributed by atoms with Gasteiger partial charge in [-0.1, -0.05) is 146 Å². The number of nitrogens with zero attached hydrogens (tertiary/aromatic N) is 3. The molecule has 0 aliphatic heterocycles. The molecule has 262 valence electrons. The fourth-order valence-corrected chi connectivity index (χ4v) is 8.99. The minimum absolute atomic E-state index is 0.623. The van der Waals surface area contributed by atoms with E-state index in [9.17, 15) is 0 Å². The van der Waals surface area contributed by atoms with Crippen molar-refractivity contribution in [2.45, 2.75) is 0 Å². The summed E-state index contributed by atoms with van der Waals surface area (Å²) in [5, 5.41) is 4.73. The zero-order valence-electron chi connectivity index (χ0n) is 30.1. The van der Waals surface area contributed by atoms with Crippen LogP contribution in [0.3, 0.4) is 0 Å². The summed E-state index contributed by atoms with van der Waals surface area (Å²) in [7, 11) is 0. The Morgan fingerprint density at radius 1 is 0.321 bits per heavy atom. The van der Waals surface area contributed by atoms with E-state index >= 15 is 0 Å². The fourth-order valence-electron chi connectivity index (χ4n) is 7.88. The quantitative estimate of drug-likeness (QED) is 0.171. The Labute approximate surface area is 327 Å². The summed E-state index contributed by atoms with van der Waals surface area (Å²) in [6.07, 6.45) is 0. The summed E-state index contributed by atoms with van der Waals surface area (Å²) in [4.78, 5) is 14.9. The number of hydrogen-bond acceptors (Lipinski definition) is 5. The van der Waals surface area contributed by atoms with Crippen molar-refractivity contribution in [1.29, 1.82) is 0 Å². The van der Waals surface area contributed by atoms with Crippen molar-refractivity contribution >= 4 is 53.4 Å². The minimum atomic E-state index is 0.623. The molecule has 0 amide bonds. The van der Waals surface area contributed by atoms with E-state index < -0.39 is 0 Å². The molecule has 0 bridgehead atoms. The van der Waals surface area contributed by atoms with E-state index in [4.69, 9.17) is 19.4 Å². The second-order valence-electron chi connectivity index (χ2n) is 14.0. The van der Waals surface area contributed by atoms with Crippen molar-refractivity contribution in [3.05, 3.63) is 188 Å². The molecule has 8 aromatic carbocycles. The minimum Gasteiger partial charge on any atom is -0.456 e. The van der Waals surface area contributed by atoms with Gasteiger partial charge in [-0.15, -0.1) is 11.3 Å². The molecule has 0 unspecified atom stereocenters. The molecule has 0 N–H and O–H groups in total. The van der Waals surface area contributed by atoms with Gasteiger partial charge in [0.15, 0.2) is 17.5 Å². The van der Waals surface area contributed by atoms with Crippen molar-refractivity contribution < 1.29 is 4.42 Å². The summed E-state index contributed by atoms with van der Waals surface area (Å²) >= 11 is 1.85. The fraction of sp³-hybridized carbons (Fsp3) is 0. The summed E-state index contributed by atoms with van der Waals surface area (Å²) in [5.41, 5.74) is 11.5. The molecule has 0 radical (unpaired) electrons. The van der Waals surface area contributed by atoms with Gasteiger partial charge in [-0.25, -0.2) is 15.0 Å². The molecular weight excluding hydrogens is 703 g/mol. The third-order valence-corrected chi connectivity index (χ3v) is 11.7. The van der Waals surface area contributed by atoms with Gasteiger partial charge >= 0.3 is 0 Å². The van der Waals surface area contributed by atoms with Crippen molar-refractivity contribution in [1.82, 2.24) is 15.0 Å². The number of benzene rings is 8. The Balaban J connectivity index is 1.06. The second kappa shape index (κ2) is 13.3. The van der Waals surface area contributed by atoms with E-state index in [0.717, 1.165) is 55.3 Å². The van der Waals surface area contributed by atoms with Gasteiger partial charge in [0.25, 0.3) is 0 Å². The molecule has 11 aromatic rings. The van der Waals surface area contributed by atoms with Crippen LogP contribution in [-0.4, -0.2) is 15.0 Å². The number of furan rings is 1. The van der Waals surface area contributed by atoms with Crippen LogP contribution in [-0.2, 0) is 0 Å². The van der Waals surface area contributed by atoms with E-state index in [1.165, 1.54) is 36.9 Å². The summed E-state index contributed by atoms with van der Waals surface area (Å²) in [5.74, 6) is 1.90. The number of thiophene rings is 1. The first-order chi connectivity index (χ1) is 27.7. The maximum absolute atomic E-state index is 6.53. The predicted octanol–water partition coefficient (Wildman–Crippen LogP) is 14.1. The lowest BCUT2D eigenvalue weighted by atomic mass is 9.94. The third-order valence-electron chi connectivity index (χ3n) is 10.5. The molecule has 0 fully saturated rings. The smallest absolute Gasteiger partial charge is 0.164 e. The number of fused-ring (bicyclic) bond motifs is 6. The maximum atomic E-state index is 6.53. The zero-order valence-corrected chi connectivity index (χ0v) is 30.9. The summed E-state index contributed by atoms with van der Waals surface area (Å²) < 4.78 is 9.09. The normalized spacial score (nSPS) is 11.6. The number of aromatic nitrogens is 3. The van der Waals surface area contributed by atoms with Gasteiger partial charge in [0, 0.05) is 47.6 Å². The summed E-state index contributed by atoms with van der Waals surface area (Å²) in [6, 6.07) is 65.7. The van der Waals surface area contributed by atoms with Crippen LogP contribution in [0.15, 0.2) is 192 Å². The van der Waals surface area contributed by atoms with Crippen LogP contribution in [0.1, 0.15) is 0 Å². The lowest BCUT2D eigenvalue weighted by molar-refractivity contribution is 0.669. The molecule has 0 saturated carbocycles. The molecule has 0 spiro atoms. The van der Waals surface area contributed by atoms with Crippen LogP contribution >= 0.6 is 11.3 Å². The van der Waals surface area contributed by atoms with Gasteiger partial charge in [-0.05, 0) is 75.8 Å². The Hall–Kier alpha value is -7.21. The molecule has 0 aliphatic carbocycles. The molecule has 3 aromatic heterocycles. The van der Waals surface area contributed by atoms with Gasteiger partial charge in [0.2, 0.25) is 0 Å². The third kappa shape index (κ3) is 5.56. The molecule has 4 nitrogen and oxygen atoms in total. The van der Waals surface area contributed by atoms with Gasteiger partial charge in [-0.3, -0.25) is 0 Å². The molecule has 3 heterocycles. The predicted molar refractivity (Wildman–Crippen MR) is 233 cm³/mol. The molecule has 0 aliphatic rings. The molecule has 11 rings (SSSR count). The van der Waals surface area contributed by atoms with Crippen LogP contribution in [0.4, 0.5) is 0 Å². The lowest BCUT2D eigenvalue weighted by Crippen LogP contribution is -2.00. The first kappa shape index (κ1) is 32.2. The lowest BCUT2D eigenvalue weighted by Gasteiger charge is -2.10. The van der Waals surface area contributed by atoms with Gasteiger partial charge in [-0.2, -0.15) is 0 Å². The van der Waals surface area contributed by atoms with Gasteiger partial charge in [0.05, 0.1) is 0 Å². The summed E-state index contributed by atoms with van der Waals surface area (Å²) in [6.45, 7) is 0. The zero-order chi connectivity index (χ0) is 37.0. The standard InChI is InChI=1S/C51H31N3OS/c1-4-13-32(14-5-1)35-26-28-45-42(30-35)48-40(22-12-24-46(48)56-45)37-25-27-43-41(31-37)47-39(21-11-23-44(47)55-43)36-19-10-20-38(29-36)51-53-49(33-15-6-2-7-16-33)52-50(54-51)34-17-8-3-9-18-34/h1-31H. The second-order valence-corrected chi connectivity index (χ2v) is 15.1. The van der Waals surface area contributed by atoms with E-state index in [1.807, 2.05) is 72.0 Å². The van der Waals surface area contributed by atoms with Crippen LogP contribution < -0.4 is 0 Å². The largest absolute Gasteiger partial charge is 0.456 e. The molecule has 5 heteroatoms. The van der Waals surface area contributed by atoms with Gasteiger partial charge < -0.3 is 4.42 Å². The van der Waals surface area contributed by atoms with E-state index in [1.54, 1.807) is 0 Å². The monoisotopic (exact) mass is 733 g/mol. The first-order valence-corrected chi connectivity index (χ1v) is 19.5. The highest BCUT2D eigenvalue weighted by Crippen LogP contribution is 2.44. The SMILES string of the molecule is c1ccc(-c2ccc3sc4cccc(-c5ccc6oc7cccc(-c8cccc(-c9nc(-c%10ccccc%10)nc(-c%10ccccc%10)n9)c8)c7c6c5)c4c3c2)cc1. The Morgan fingerprint density at radius 3 is 1.57 bits per heavy atom. The van der Waals surface area contributed by atoms with E-state index in [2.05, 4.69) is 127 Å². The average molecular weight is 734 g/mol. The molecule has 56 heavy (non-hydrogen) atoms. The molecule has 0 saturated heterocycles. The molecular formula is C51H31N3OS. The Morgan fingerprint density at radius 2 is 0.857 bits per heavy atom. The first-order valence-electron chi connectivity index (χ1n) is 18.7. The van der Waals surface area contributed by atoms with Crippen molar-refractivity contribution in [3.63, 3.8) is 0 Å². The highest BCUT2D eigenvalue weighted by Gasteiger charge is 2.18. The topological polar surface area (TPSA) is 51.8 Å². The van der Waals surface area contributed by atoms with Crippen molar-refractivity contribution in [2.75, 3.05) is 0 Å². The number of hydrogen-bond donors (Lipinski definition) is 0. The van der Waals surface area contributed by atoms with Crippen molar-refractivity contribution in [3.8, 4) is 67.5 Å². The van der Waals surface area contributed by atoms with Crippen LogP contribution in [0.2, 0.25) is 0 Å². The maximum Gasteiger partial charge on any atom is 0.164 e. The highest BCUT2D eigenvalue weighted by molar-refractivity contribution is 7.26. The van der Waals surface area contributed by atoms with Crippen LogP contribution in [0.25, 0.3) is 110 Å². The van der Waals surface area contributed by atoms with E-state index in [0.29, 0.717) is 17.5 Å². The number of rotatable bonds is 6. The van der Waals surface area contributed by atoms with Crippen molar-refractivity contribution in [2.24, 2.45) is 0 Å².